The average molecular weight is 350 g/mol. The molecule has 2 aliphatic rings. The molecule has 0 unspecified atom stereocenters. The van der Waals surface area contributed by atoms with Gasteiger partial charge in [-0.25, -0.2) is 9.97 Å². The monoisotopic (exact) mass is 350 g/mol. The molecule has 1 amide bonds. The van der Waals surface area contributed by atoms with Crippen molar-refractivity contribution < 1.29 is 14.3 Å². The molecule has 0 atom stereocenters. The van der Waals surface area contributed by atoms with Gasteiger partial charge in [-0.3, -0.25) is 4.79 Å². The number of amides is 1. The fraction of sp³-hybridized carbons (Fsp3) is 0.316. The molecule has 7 heteroatoms. The summed E-state index contributed by atoms with van der Waals surface area (Å²) in [5, 5.41) is 0. The molecule has 0 N–H and O–H groups in total. The molecule has 2 aliphatic heterocycles. The van der Waals surface area contributed by atoms with Crippen LogP contribution in [0.25, 0.3) is 11.2 Å². The molecule has 2 aromatic heterocycles. The summed E-state index contributed by atoms with van der Waals surface area (Å²) in [5.74, 6) is 1.37. The lowest BCUT2D eigenvalue weighted by atomic mass is 10.0. The fourth-order valence-corrected chi connectivity index (χ4v) is 3.69. The molecule has 1 aromatic carbocycles. The number of aromatic nitrogens is 3. The molecule has 0 saturated carbocycles. The van der Waals surface area contributed by atoms with E-state index in [2.05, 4.69) is 14.5 Å². The first-order chi connectivity index (χ1) is 12.8. The van der Waals surface area contributed by atoms with E-state index in [1.807, 2.05) is 23.4 Å². The number of fused-ring (bicyclic) bond motifs is 2. The molecular formula is C19H18N4O3. The zero-order valence-corrected chi connectivity index (χ0v) is 14.2. The van der Waals surface area contributed by atoms with Crippen LogP contribution in [0.4, 0.5) is 0 Å². The molecule has 26 heavy (non-hydrogen) atoms. The number of hydrogen-bond acceptors (Lipinski definition) is 5. The van der Waals surface area contributed by atoms with Gasteiger partial charge in [0, 0.05) is 30.9 Å². The number of carbonyl (C=O) groups is 1. The van der Waals surface area contributed by atoms with Crippen LogP contribution in [0.5, 0.6) is 11.5 Å². The van der Waals surface area contributed by atoms with Gasteiger partial charge in [0.15, 0.2) is 17.1 Å². The quantitative estimate of drug-likeness (QED) is 0.711. The van der Waals surface area contributed by atoms with Crippen LogP contribution >= 0.6 is 0 Å². The van der Waals surface area contributed by atoms with Gasteiger partial charge in [-0.05, 0) is 43.2 Å². The van der Waals surface area contributed by atoms with E-state index in [9.17, 15) is 4.79 Å². The standard InChI is InChI=1S/C19H18N4O3/c24-19(13-3-4-16-17(10-13)26-12-25-16)22-8-5-14(6-9-22)23-11-21-15-2-1-7-20-18(15)23/h1-4,7,10-11,14H,5-6,8-9,12H2. The first-order valence-corrected chi connectivity index (χ1v) is 8.76. The van der Waals surface area contributed by atoms with Crippen LogP contribution in [0.15, 0.2) is 42.9 Å². The molecule has 0 spiro atoms. The zero-order valence-electron chi connectivity index (χ0n) is 14.2. The van der Waals surface area contributed by atoms with Crippen LogP contribution in [0.1, 0.15) is 29.2 Å². The summed E-state index contributed by atoms with van der Waals surface area (Å²) in [6, 6.07) is 9.55. The van der Waals surface area contributed by atoms with Crippen LogP contribution < -0.4 is 9.47 Å². The Hall–Kier alpha value is -3.09. The summed E-state index contributed by atoms with van der Waals surface area (Å²) in [6.45, 7) is 1.64. The lowest BCUT2D eigenvalue weighted by Crippen LogP contribution is -2.39. The van der Waals surface area contributed by atoms with Crippen molar-refractivity contribution in [2.24, 2.45) is 0 Å². The Morgan fingerprint density at radius 1 is 1.08 bits per heavy atom. The van der Waals surface area contributed by atoms with E-state index in [-0.39, 0.29) is 12.7 Å². The molecule has 5 rings (SSSR count). The number of nitrogens with zero attached hydrogens (tertiary/aromatic N) is 4. The SMILES string of the molecule is O=C(c1ccc2c(c1)OCO2)N1CCC(n2cnc3cccnc32)CC1. The third-order valence-corrected chi connectivity index (χ3v) is 5.10. The lowest BCUT2D eigenvalue weighted by Gasteiger charge is -2.32. The van der Waals surface area contributed by atoms with Crippen molar-refractivity contribution in [2.45, 2.75) is 18.9 Å². The van der Waals surface area contributed by atoms with Gasteiger partial charge in [-0.1, -0.05) is 0 Å². The minimum Gasteiger partial charge on any atom is -0.454 e. The summed E-state index contributed by atoms with van der Waals surface area (Å²) in [7, 11) is 0. The molecule has 3 aromatic rings. The maximum absolute atomic E-state index is 12.8. The summed E-state index contributed by atoms with van der Waals surface area (Å²) < 4.78 is 12.8. The van der Waals surface area contributed by atoms with Crippen LogP contribution in [-0.2, 0) is 0 Å². The third-order valence-electron chi connectivity index (χ3n) is 5.10. The highest BCUT2D eigenvalue weighted by Crippen LogP contribution is 2.33. The number of hydrogen-bond donors (Lipinski definition) is 0. The zero-order chi connectivity index (χ0) is 17.5. The Balaban J connectivity index is 1.30. The minimum absolute atomic E-state index is 0.0374. The van der Waals surface area contributed by atoms with E-state index in [1.54, 1.807) is 24.4 Å². The van der Waals surface area contributed by atoms with E-state index in [1.165, 1.54) is 0 Å². The second-order valence-corrected chi connectivity index (χ2v) is 6.59. The number of piperidine rings is 1. The topological polar surface area (TPSA) is 69.5 Å². The van der Waals surface area contributed by atoms with Gasteiger partial charge in [0.25, 0.3) is 5.91 Å². The van der Waals surface area contributed by atoms with Crippen LogP contribution in [-0.4, -0.2) is 45.2 Å². The summed E-state index contributed by atoms with van der Waals surface area (Å²) in [5.41, 5.74) is 2.46. The van der Waals surface area contributed by atoms with Gasteiger partial charge in [0.2, 0.25) is 6.79 Å². The molecule has 0 aliphatic carbocycles. The maximum atomic E-state index is 12.8. The van der Waals surface area contributed by atoms with E-state index in [0.29, 0.717) is 36.2 Å². The summed E-state index contributed by atoms with van der Waals surface area (Å²) in [4.78, 5) is 23.6. The first kappa shape index (κ1) is 15.2. The summed E-state index contributed by atoms with van der Waals surface area (Å²) >= 11 is 0. The highest BCUT2D eigenvalue weighted by Gasteiger charge is 2.26. The van der Waals surface area contributed by atoms with E-state index >= 15 is 0 Å². The maximum Gasteiger partial charge on any atom is 0.253 e. The van der Waals surface area contributed by atoms with Gasteiger partial charge in [-0.2, -0.15) is 0 Å². The van der Waals surface area contributed by atoms with Gasteiger partial charge < -0.3 is 18.9 Å². The van der Waals surface area contributed by atoms with Crippen molar-refractivity contribution in [1.82, 2.24) is 19.4 Å². The smallest absolute Gasteiger partial charge is 0.253 e. The Morgan fingerprint density at radius 2 is 1.92 bits per heavy atom. The Kier molecular flexibility index (Phi) is 3.51. The molecule has 0 radical (unpaired) electrons. The number of benzene rings is 1. The predicted octanol–water partition coefficient (Wildman–Crippen LogP) is 2.64. The van der Waals surface area contributed by atoms with E-state index < -0.39 is 0 Å². The molecular weight excluding hydrogens is 332 g/mol. The largest absolute Gasteiger partial charge is 0.454 e. The van der Waals surface area contributed by atoms with Crippen molar-refractivity contribution in [3.8, 4) is 11.5 Å². The van der Waals surface area contributed by atoms with Crippen LogP contribution in [0.3, 0.4) is 0 Å². The minimum atomic E-state index is 0.0374. The highest BCUT2D eigenvalue weighted by molar-refractivity contribution is 5.95. The van der Waals surface area contributed by atoms with Gasteiger partial charge in [0.1, 0.15) is 5.52 Å². The van der Waals surface area contributed by atoms with Gasteiger partial charge >= 0.3 is 0 Å². The Labute approximate surface area is 150 Å². The van der Waals surface area contributed by atoms with Gasteiger partial charge in [0.05, 0.1) is 6.33 Å². The third kappa shape index (κ3) is 2.47. The number of carbonyl (C=O) groups excluding carboxylic acids is 1. The second kappa shape index (κ2) is 6.01. The van der Waals surface area contributed by atoms with Crippen molar-refractivity contribution in [1.29, 1.82) is 0 Å². The van der Waals surface area contributed by atoms with Crippen molar-refractivity contribution in [3.63, 3.8) is 0 Å². The number of rotatable bonds is 2. The Morgan fingerprint density at radius 3 is 2.81 bits per heavy atom. The molecule has 0 bridgehead atoms. The molecule has 1 fully saturated rings. The average Bonchev–Trinajstić information content (AvgIpc) is 3.34. The lowest BCUT2D eigenvalue weighted by molar-refractivity contribution is 0.0695. The molecule has 7 nitrogen and oxygen atoms in total. The number of likely N-dealkylation sites (tertiary alicyclic amines) is 1. The van der Waals surface area contributed by atoms with Crippen molar-refractivity contribution >= 4 is 17.1 Å². The van der Waals surface area contributed by atoms with Crippen molar-refractivity contribution in [3.05, 3.63) is 48.4 Å². The number of pyridine rings is 1. The first-order valence-electron chi connectivity index (χ1n) is 8.76. The molecule has 1 saturated heterocycles. The molecule has 132 valence electrons. The second-order valence-electron chi connectivity index (χ2n) is 6.59. The molecule has 4 heterocycles. The number of ether oxygens (including phenoxy) is 2. The van der Waals surface area contributed by atoms with E-state index in [4.69, 9.17) is 9.47 Å². The van der Waals surface area contributed by atoms with Crippen LogP contribution in [0, 0.1) is 0 Å². The van der Waals surface area contributed by atoms with Crippen molar-refractivity contribution in [2.75, 3.05) is 19.9 Å². The Bertz CT molecular complexity index is 976. The normalized spacial score (nSPS) is 17.0. The fourth-order valence-electron chi connectivity index (χ4n) is 3.69. The van der Waals surface area contributed by atoms with Gasteiger partial charge in [-0.15, -0.1) is 0 Å². The predicted molar refractivity (Wildman–Crippen MR) is 94.3 cm³/mol. The highest BCUT2D eigenvalue weighted by atomic mass is 16.7. The number of imidazole rings is 1. The van der Waals surface area contributed by atoms with E-state index in [0.717, 1.165) is 24.0 Å². The van der Waals surface area contributed by atoms with Crippen LogP contribution in [0.2, 0.25) is 0 Å². The summed E-state index contributed by atoms with van der Waals surface area (Å²) in [6.07, 6.45) is 5.42.